The summed E-state index contributed by atoms with van der Waals surface area (Å²) in [7, 11) is 3.04. The third-order valence-electron chi connectivity index (χ3n) is 3.98. The molecule has 1 saturated carbocycles. The molecular weight excluding hydrogens is 268 g/mol. The van der Waals surface area contributed by atoms with Crippen LogP contribution in [0, 0.1) is 6.92 Å². The van der Waals surface area contributed by atoms with E-state index in [9.17, 15) is 9.90 Å². The van der Waals surface area contributed by atoms with E-state index in [1.165, 1.54) is 14.2 Å². The van der Waals surface area contributed by atoms with Crippen molar-refractivity contribution in [3.05, 3.63) is 22.2 Å². The van der Waals surface area contributed by atoms with Crippen molar-refractivity contribution in [2.75, 3.05) is 14.2 Å². The first-order valence-corrected chi connectivity index (χ1v) is 6.50. The molecule has 0 unspecified atom stereocenters. The zero-order valence-corrected chi connectivity index (χ0v) is 12.0. The second-order valence-corrected chi connectivity index (χ2v) is 5.25. The van der Waals surface area contributed by atoms with Gasteiger partial charge >= 0.3 is 5.97 Å². The summed E-state index contributed by atoms with van der Waals surface area (Å²) in [6.07, 6.45) is 2.18. The monoisotopic (exact) mass is 284 g/mol. The van der Waals surface area contributed by atoms with E-state index in [0.29, 0.717) is 29.4 Å². The van der Waals surface area contributed by atoms with Crippen LogP contribution in [0.25, 0.3) is 0 Å². The summed E-state index contributed by atoms with van der Waals surface area (Å²) < 4.78 is 10.6. The first-order chi connectivity index (χ1) is 8.97. The Labute approximate surface area is 117 Å². The molecule has 4 nitrogen and oxygen atoms in total. The average molecular weight is 285 g/mol. The van der Waals surface area contributed by atoms with Gasteiger partial charge in [-0.05, 0) is 37.0 Å². The lowest BCUT2D eigenvalue weighted by Crippen LogP contribution is -2.43. The number of methoxy groups -OCH3 is 2. The summed E-state index contributed by atoms with van der Waals surface area (Å²) >= 11 is 6.18. The molecule has 0 radical (unpaired) electrons. The Morgan fingerprint density at radius 2 is 1.89 bits per heavy atom. The van der Waals surface area contributed by atoms with Crippen LogP contribution in [-0.4, -0.2) is 25.3 Å². The third kappa shape index (κ3) is 1.94. The zero-order chi connectivity index (χ0) is 14.2. The molecule has 1 aliphatic rings. The number of halogens is 1. The fourth-order valence-corrected chi connectivity index (χ4v) is 3.04. The second-order valence-electron chi connectivity index (χ2n) is 4.84. The molecule has 0 heterocycles. The summed E-state index contributed by atoms with van der Waals surface area (Å²) in [4.78, 5) is 11.6. The molecule has 0 spiro atoms. The summed E-state index contributed by atoms with van der Waals surface area (Å²) in [6.45, 7) is 1.84. The van der Waals surface area contributed by atoms with Crippen molar-refractivity contribution >= 4 is 17.6 Å². The molecule has 2 rings (SSSR count). The molecule has 0 bridgehead atoms. The van der Waals surface area contributed by atoms with Crippen molar-refractivity contribution < 1.29 is 19.4 Å². The first-order valence-electron chi connectivity index (χ1n) is 6.13. The lowest BCUT2D eigenvalue weighted by atomic mass is 9.63. The van der Waals surface area contributed by atoms with Gasteiger partial charge in [0.05, 0.1) is 24.7 Å². The van der Waals surface area contributed by atoms with Crippen molar-refractivity contribution in [3.8, 4) is 11.5 Å². The molecule has 1 fully saturated rings. The highest BCUT2D eigenvalue weighted by atomic mass is 35.5. The molecular formula is C14H17ClO4. The number of rotatable bonds is 4. The molecule has 0 aliphatic heterocycles. The largest absolute Gasteiger partial charge is 0.493 e. The molecule has 1 N–H and O–H groups in total. The van der Waals surface area contributed by atoms with Gasteiger partial charge in [0.25, 0.3) is 0 Å². The Bertz CT molecular complexity index is 521. The van der Waals surface area contributed by atoms with Crippen LogP contribution >= 0.6 is 11.6 Å². The van der Waals surface area contributed by atoms with E-state index in [4.69, 9.17) is 21.1 Å². The number of benzene rings is 1. The highest BCUT2D eigenvalue weighted by molar-refractivity contribution is 6.32. The molecule has 0 atom stereocenters. The smallest absolute Gasteiger partial charge is 0.314 e. The Hall–Kier alpha value is -1.42. The number of carbonyl (C=O) groups is 1. The van der Waals surface area contributed by atoms with Crippen molar-refractivity contribution in [2.45, 2.75) is 31.6 Å². The van der Waals surface area contributed by atoms with Gasteiger partial charge in [-0.3, -0.25) is 4.79 Å². The highest BCUT2D eigenvalue weighted by Gasteiger charge is 2.47. The average Bonchev–Trinajstić information content (AvgIpc) is 2.30. The standard InChI is InChI=1S/C14H17ClO4/c1-8-9(14(13(16)17)5-4-6-14)7-10(15)12(19-3)11(8)18-2/h7H,4-6H2,1-3H3,(H,16,17). The fraction of sp³-hybridized carbons (Fsp3) is 0.500. The van der Waals surface area contributed by atoms with Crippen molar-refractivity contribution in [1.82, 2.24) is 0 Å². The number of hydrogen-bond acceptors (Lipinski definition) is 3. The molecule has 0 aromatic heterocycles. The predicted molar refractivity (Wildman–Crippen MR) is 72.5 cm³/mol. The van der Waals surface area contributed by atoms with E-state index in [1.54, 1.807) is 6.07 Å². The van der Waals surface area contributed by atoms with Gasteiger partial charge in [0.15, 0.2) is 11.5 Å². The van der Waals surface area contributed by atoms with E-state index in [1.807, 2.05) is 6.92 Å². The molecule has 1 aliphatic carbocycles. The number of aliphatic carboxylic acids is 1. The highest BCUT2D eigenvalue weighted by Crippen LogP contribution is 2.50. The lowest BCUT2D eigenvalue weighted by Gasteiger charge is -2.39. The third-order valence-corrected chi connectivity index (χ3v) is 4.26. The van der Waals surface area contributed by atoms with Crippen LogP contribution in [0.4, 0.5) is 0 Å². The van der Waals surface area contributed by atoms with Gasteiger partial charge in [0.1, 0.15) is 0 Å². The second kappa shape index (κ2) is 4.93. The van der Waals surface area contributed by atoms with E-state index < -0.39 is 11.4 Å². The van der Waals surface area contributed by atoms with Gasteiger partial charge < -0.3 is 14.6 Å². The molecule has 19 heavy (non-hydrogen) atoms. The van der Waals surface area contributed by atoms with Gasteiger partial charge in [0.2, 0.25) is 0 Å². The summed E-state index contributed by atoms with van der Waals surface area (Å²) in [5, 5.41) is 9.91. The van der Waals surface area contributed by atoms with Gasteiger partial charge in [-0.1, -0.05) is 18.0 Å². The summed E-state index contributed by atoms with van der Waals surface area (Å²) in [5.41, 5.74) is 0.688. The van der Waals surface area contributed by atoms with Crippen molar-refractivity contribution in [3.63, 3.8) is 0 Å². The maximum atomic E-state index is 11.6. The summed E-state index contributed by atoms with van der Waals surface area (Å²) in [5.74, 6) is 0.160. The SMILES string of the molecule is COc1c(Cl)cc(C2(C(=O)O)CCC2)c(C)c1OC. The fourth-order valence-electron chi connectivity index (χ4n) is 2.76. The van der Waals surface area contributed by atoms with E-state index in [-0.39, 0.29) is 0 Å². The van der Waals surface area contributed by atoms with Crippen molar-refractivity contribution in [1.29, 1.82) is 0 Å². The summed E-state index contributed by atoms with van der Waals surface area (Å²) in [6, 6.07) is 1.70. The van der Waals surface area contributed by atoms with Crippen LogP contribution in [0.5, 0.6) is 11.5 Å². The predicted octanol–water partition coefficient (Wildman–Crippen LogP) is 3.17. The Kier molecular flexibility index (Phi) is 3.63. The maximum Gasteiger partial charge on any atom is 0.314 e. The number of ether oxygens (including phenoxy) is 2. The minimum Gasteiger partial charge on any atom is -0.493 e. The number of carboxylic acids is 1. The van der Waals surface area contributed by atoms with E-state index >= 15 is 0 Å². The van der Waals surface area contributed by atoms with Gasteiger partial charge in [0, 0.05) is 0 Å². The van der Waals surface area contributed by atoms with Crippen LogP contribution in [0.2, 0.25) is 5.02 Å². The molecule has 0 saturated heterocycles. The first kappa shape index (κ1) is 14.0. The molecule has 1 aromatic carbocycles. The van der Waals surface area contributed by atoms with E-state index in [0.717, 1.165) is 17.5 Å². The zero-order valence-electron chi connectivity index (χ0n) is 11.2. The maximum absolute atomic E-state index is 11.6. The van der Waals surface area contributed by atoms with Gasteiger partial charge in [-0.2, -0.15) is 0 Å². The van der Waals surface area contributed by atoms with Crippen molar-refractivity contribution in [2.24, 2.45) is 0 Å². The molecule has 1 aromatic rings. The lowest BCUT2D eigenvalue weighted by molar-refractivity contribution is -0.147. The van der Waals surface area contributed by atoms with Crippen LogP contribution in [0.1, 0.15) is 30.4 Å². The topological polar surface area (TPSA) is 55.8 Å². The number of carboxylic acid groups (broad SMARTS) is 1. The van der Waals surface area contributed by atoms with Crippen LogP contribution < -0.4 is 9.47 Å². The minimum atomic E-state index is -0.826. The van der Waals surface area contributed by atoms with Crippen LogP contribution in [0.3, 0.4) is 0 Å². The normalized spacial score (nSPS) is 16.6. The molecule has 104 valence electrons. The minimum absolute atomic E-state index is 0.382. The molecule has 0 amide bonds. The van der Waals surface area contributed by atoms with Crippen LogP contribution in [-0.2, 0) is 10.2 Å². The van der Waals surface area contributed by atoms with E-state index in [2.05, 4.69) is 0 Å². The van der Waals surface area contributed by atoms with Gasteiger partial charge in [-0.15, -0.1) is 0 Å². The Morgan fingerprint density at radius 1 is 1.32 bits per heavy atom. The molecule has 5 heteroatoms. The number of hydrogen-bond donors (Lipinski definition) is 1. The Morgan fingerprint density at radius 3 is 2.26 bits per heavy atom. The van der Waals surface area contributed by atoms with Gasteiger partial charge in [-0.25, -0.2) is 0 Å². The van der Waals surface area contributed by atoms with Crippen LogP contribution in [0.15, 0.2) is 6.07 Å². The quantitative estimate of drug-likeness (QED) is 0.923. The Balaban J connectivity index is 2.65.